The summed E-state index contributed by atoms with van der Waals surface area (Å²) in [5.41, 5.74) is 14.4. The molecule has 9 nitrogen and oxygen atoms in total. The summed E-state index contributed by atoms with van der Waals surface area (Å²) in [7, 11) is -8.56. The highest BCUT2D eigenvalue weighted by Gasteiger charge is 2.33. The molecule has 0 N–H and O–H groups in total. The number of hydrogen-bond donors (Lipinski definition) is 0. The topological polar surface area (TPSA) is 136 Å². The minimum atomic E-state index is -4.32. The Hall–Kier alpha value is -4.06. The van der Waals surface area contributed by atoms with Crippen molar-refractivity contribution in [2.75, 3.05) is 6.61 Å². The Kier molecular flexibility index (Phi) is 9.71. The molecule has 4 aromatic rings. The molecule has 5 rings (SSSR count). The zero-order chi connectivity index (χ0) is 32.2. The lowest BCUT2D eigenvalue weighted by molar-refractivity contribution is 0.125. The van der Waals surface area contributed by atoms with Gasteiger partial charge in [-0.15, -0.1) is 0 Å². The molecule has 0 radical (unpaired) electrons. The molecule has 0 aliphatic heterocycles. The molecule has 4 aromatic carbocycles. The van der Waals surface area contributed by atoms with Gasteiger partial charge >= 0.3 is 0 Å². The van der Waals surface area contributed by atoms with Crippen molar-refractivity contribution in [2.45, 2.75) is 61.0 Å². The maximum atomic E-state index is 14.5. The van der Waals surface area contributed by atoms with Crippen molar-refractivity contribution in [1.82, 2.24) is 0 Å². The van der Waals surface area contributed by atoms with Crippen LogP contribution in [0.15, 0.2) is 106 Å². The van der Waals surface area contributed by atoms with Crippen molar-refractivity contribution in [2.24, 2.45) is 5.11 Å². The lowest BCUT2D eigenvalue weighted by Gasteiger charge is -2.26. The van der Waals surface area contributed by atoms with E-state index in [9.17, 15) is 26.8 Å². The van der Waals surface area contributed by atoms with Gasteiger partial charge in [0.2, 0.25) is 0 Å². The first-order valence-corrected chi connectivity index (χ1v) is 17.1. The molecule has 0 amide bonds. The summed E-state index contributed by atoms with van der Waals surface area (Å²) in [6.07, 6.45) is -0.529. The van der Waals surface area contributed by atoms with E-state index in [0.717, 1.165) is 27.8 Å². The zero-order valence-electron chi connectivity index (χ0n) is 24.7. The second kappa shape index (κ2) is 13.5. The monoisotopic (exact) mass is 649 g/mol. The van der Waals surface area contributed by atoms with Crippen LogP contribution in [0.4, 0.5) is 4.39 Å². The third-order valence-electron chi connectivity index (χ3n) is 7.91. The Morgan fingerprint density at radius 2 is 1.44 bits per heavy atom. The Balaban J connectivity index is 1.48. The van der Waals surface area contributed by atoms with Gasteiger partial charge in [-0.3, -0.25) is 8.37 Å². The Morgan fingerprint density at radius 1 is 0.844 bits per heavy atom. The highest BCUT2D eigenvalue weighted by atomic mass is 32.2. The maximum Gasteiger partial charge on any atom is 0.297 e. The lowest BCUT2D eigenvalue weighted by Crippen LogP contribution is -2.27. The van der Waals surface area contributed by atoms with Gasteiger partial charge in [0.15, 0.2) is 0 Å². The number of aryl methyl sites for hydroxylation is 2. The molecule has 3 atom stereocenters. The van der Waals surface area contributed by atoms with Gasteiger partial charge in [0.25, 0.3) is 20.2 Å². The number of nitrogens with zero attached hydrogens (tertiary/aromatic N) is 3. The summed E-state index contributed by atoms with van der Waals surface area (Å²) < 4.78 is 78.1. The second-order valence-electron chi connectivity index (χ2n) is 11.1. The predicted octanol–water partition coefficient (Wildman–Crippen LogP) is 7.44. The third kappa shape index (κ3) is 7.61. The normalized spacial score (nSPS) is 17.0. The van der Waals surface area contributed by atoms with E-state index in [-0.39, 0.29) is 22.6 Å². The summed E-state index contributed by atoms with van der Waals surface area (Å²) in [5, 5.41) is 4.07. The van der Waals surface area contributed by atoms with E-state index in [1.807, 2.05) is 38.1 Å². The number of azide groups is 1. The van der Waals surface area contributed by atoms with Crippen LogP contribution < -0.4 is 0 Å². The SMILES string of the molecule is Cc1ccc(S(=O)(=O)OC[C@@H](CC[C@@H]2c3ccccc3Cc3ccc(F)cc3[C@@H]2N=[N+]=[N-])OS(=O)(=O)c2ccc(C)cc2)cc1. The summed E-state index contributed by atoms with van der Waals surface area (Å²) in [6.45, 7) is 3.05. The highest BCUT2D eigenvalue weighted by Crippen LogP contribution is 2.44. The van der Waals surface area contributed by atoms with E-state index in [4.69, 9.17) is 8.37 Å². The van der Waals surface area contributed by atoms with Gasteiger partial charge < -0.3 is 0 Å². The fraction of sp³-hybridized carbons (Fsp3) is 0.273. The summed E-state index contributed by atoms with van der Waals surface area (Å²) in [4.78, 5) is 2.90. The van der Waals surface area contributed by atoms with Gasteiger partial charge in [0, 0.05) is 4.91 Å². The number of halogens is 1. The van der Waals surface area contributed by atoms with Crippen molar-refractivity contribution >= 4 is 20.2 Å². The molecule has 0 bridgehead atoms. The standard InChI is InChI=1S/C33H32FN3O6S2/c1-22-7-14-28(15-8-22)44(38,39)42-21-27(43-45(40,41)29-16-9-23(2)10-17-29)13-18-31-30-6-4-3-5-24(30)19-25-11-12-26(34)20-32(25)33(31)36-37-35/h3-12,14-17,20,27,31,33H,13,18-19,21H2,1-2H3/t27-,31-,33-/m1/s1. The molecule has 0 fully saturated rings. The van der Waals surface area contributed by atoms with Crippen molar-refractivity contribution in [3.05, 3.63) is 141 Å². The summed E-state index contributed by atoms with van der Waals surface area (Å²) in [6, 6.07) is 23.3. The van der Waals surface area contributed by atoms with Gasteiger partial charge in [0.1, 0.15) is 11.9 Å². The first kappa shape index (κ1) is 32.3. The summed E-state index contributed by atoms with van der Waals surface area (Å²) in [5.74, 6) is -0.973. The van der Waals surface area contributed by atoms with Crippen LogP contribution in [0.3, 0.4) is 0 Å². The van der Waals surface area contributed by atoms with Gasteiger partial charge in [-0.05, 0) is 103 Å². The van der Waals surface area contributed by atoms with Crippen molar-refractivity contribution in [3.63, 3.8) is 0 Å². The van der Waals surface area contributed by atoms with Gasteiger partial charge in [0.05, 0.1) is 22.4 Å². The molecular formula is C33H32FN3O6S2. The minimum Gasteiger partial charge on any atom is -0.264 e. The van der Waals surface area contributed by atoms with Crippen LogP contribution in [0.2, 0.25) is 0 Å². The fourth-order valence-electron chi connectivity index (χ4n) is 5.57. The molecule has 234 valence electrons. The minimum absolute atomic E-state index is 0.00953. The van der Waals surface area contributed by atoms with Gasteiger partial charge in [-0.1, -0.05) is 70.8 Å². The van der Waals surface area contributed by atoms with E-state index in [1.165, 1.54) is 36.4 Å². The molecule has 0 saturated carbocycles. The largest absolute Gasteiger partial charge is 0.297 e. The molecule has 45 heavy (non-hydrogen) atoms. The Labute approximate surface area is 262 Å². The molecule has 1 aliphatic carbocycles. The van der Waals surface area contributed by atoms with E-state index in [1.54, 1.807) is 30.3 Å². The van der Waals surface area contributed by atoms with Crippen LogP contribution in [-0.4, -0.2) is 29.5 Å². The van der Waals surface area contributed by atoms with E-state index < -0.39 is 50.7 Å². The van der Waals surface area contributed by atoms with Crippen LogP contribution in [0.25, 0.3) is 10.4 Å². The van der Waals surface area contributed by atoms with Crippen LogP contribution in [0.1, 0.15) is 58.2 Å². The molecule has 0 unspecified atom stereocenters. The zero-order valence-corrected chi connectivity index (χ0v) is 26.3. The van der Waals surface area contributed by atoms with E-state index in [0.29, 0.717) is 12.0 Å². The van der Waals surface area contributed by atoms with Crippen LogP contribution >= 0.6 is 0 Å². The first-order chi connectivity index (χ1) is 21.5. The molecule has 12 heteroatoms. The second-order valence-corrected chi connectivity index (χ2v) is 14.3. The number of rotatable bonds is 11. The quantitative estimate of drug-likeness (QED) is 0.0717. The van der Waals surface area contributed by atoms with Gasteiger partial charge in [-0.2, -0.15) is 16.8 Å². The molecular weight excluding hydrogens is 618 g/mol. The van der Waals surface area contributed by atoms with Crippen molar-refractivity contribution < 1.29 is 29.6 Å². The molecule has 0 spiro atoms. The molecule has 1 aliphatic rings. The predicted molar refractivity (Wildman–Crippen MR) is 167 cm³/mol. The van der Waals surface area contributed by atoms with Crippen LogP contribution in [0, 0.1) is 19.7 Å². The van der Waals surface area contributed by atoms with Crippen molar-refractivity contribution in [1.29, 1.82) is 0 Å². The molecule has 0 heterocycles. The summed E-state index contributed by atoms with van der Waals surface area (Å²) >= 11 is 0. The Bertz CT molecular complexity index is 1940. The molecule has 0 aromatic heterocycles. The number of benzene rings is 4. The van der Waals surface area contributed by atoms with Crippen molar-refractivity contribution in [3.8, 4) is 0 Å². The average Bonchev–Trinajstić information content (AvgIpc) is 3.13. The van der Waals surface area contributed by atoms with E-state index >= 15 is 0 Å². The average molecular weight is 650 g/mol. The maximum absolute atomic E-state index is 14.5. The lowest BCUT2D eigenvalue weighted by atomic mass is 9.83. The third-order valence-corrected chi connectivity index (χ3v) is 10.6. The molecule has 0 saturated heterocycles. The number of hydrogen-bond acceptors (Lipinski definition) is 7. The fourth-order valence-corrected chi connectivity index (χ4v) is 7.59. The van der Waals surface area contributed by atoms with Crippen LogP contribution in [-0.2, 0) is 35.0 Å². The smallest absolute Gasteiger partial charge is 0.264 e. The first-order valence-electron chi connectivity index (χ1n) is 14.3. The van der Waals surface area contributed by atoms with Gasteiger partial charge in [-0.25, -0.2) is 4.39 Å². The highest BCUT2D eigenvalue weighted by molar-refractivity contribution is 7.87. The Morgan fingerprint density at radius 3 is 2.09 bits per heavy atom. The van der Waals surface area contributed by atoms with E-state index in [2.05, 4.69) is 10.0 Å². The number of fused-ring (bicyclic) bond motifs is 2. The van der Waals surface area contributed by atoms with Crippen LogP contribution in [0.5, 0.6) is 0 Å².